The molecule has 0 bridgehead atoms. The average molecular weight is 311 g/mol. The Labute approximate surface area is 133 Å². The van der Waals surface area contributed by atoms with Gasteiger partial charge in [-0.25, -0.2) is 4.99 Å². The fourth-order valence-electron chi connectivity index (χ4n) is 2.31. The molecule has 0 unspecified atom stereocenters. The van der Waals surface area contributed by atoms with Crippen LogP contribution in [0.15, 0.2) is 21.8 Å². The topological polar surface area (TPSA) is 39.7 Å². The molecule has 0 aliphatic carbocycles. The smallest absolute Gasteiger partial charge is 0.191 e. The molecule has 1 aromatic heterocycles. The van der Waals surface area contributed by atoms with Crippen molar-refractivity contribution in [2.75, 3.05) is 19.6 Å². The first-order valence-corrected chi connectivity index (χ1v) is 8.77. The third-order valence-corrected chi connectivity index (χ3v) is 4.07. The predicted molar refractivity (Wildman–Crippen MR) is 94.1 cm³/mol. The van der Waals surface area contributed by atoms with E-state index in [9.17, 15) is 0 Å². The maximum atomic E-state index is 4.63. The zero-order chi connectivity index (χ0) is 15.7. The van der Waals surface area contributed by atoms with Gasteiger partial charge in [0, 0.05) is 31.7 Å². The summed E-state index contributed by atoms with van der Waals surface area (Å²) >= 11 is 1.72. The van der Waals surface area contributed by atoms with E-state index in [1.807, 2.05) is 0 Å². The molecule has 0 radical (unpaired) electrons. The van der Waals surface area contributed by atoms with Crippen LogP contribution in [-0.4, -0.2) is 42.6 Å². The van der Waals surface area contributed by atoms with Gasteiger partial charge in [0.05, 0.1) is 6.54 Å². The molecule has 0 saturated carbocycles. The molecule has 0 aromatic carbocycles. The van der Waals surface area contributed by atoms with Crippen LogP contribution in [0.25, 0.3) is 0 Å². The van der Waals surface area contributed by atoms with Crippen LogP contribution in [0.4, 0.5) is 0 Å². The van der Waals surface area contributed by atoms with Crippen molar-refractivity contribution in [2.45, 2.75) is 53.2 Å². The van der Waals surface area contributed by atoms with Gasteiger partial charge in [-0.05, 0) is 57.0 Å². The van der Waals surface area contributed by atoms with Gasteiger partial charge < -0.3 is 10.6 Å². The third kappa shape index (κ3) is 6.96. The lowest BCUT2D eigenvalue weighted by Gasteiger charge is -2.30. The van der Waals surface area contributed by atoms with E-state index in [2.05, 4.69) is 72.0 Å². The second-order valence-electron chi connectivity index (χ2n) is 5.68. The Kier molecular flexibility index (Phi) is 8.38. The highest BCUT2D eigenvalue weighted by Gasteiger charge is 2.12. The number of nitrogens with zero attached hydrogens (tertiary/aromatic N) is 2. The standard InChI is InChI=1S/C16H30N4S/c1-6-17-16(19-11-15-7-10-21-12-15)18-8-9-20(13(2)3)14(4)5/h7,10,12-14H,6,8-9,11H2,1-5H3,(H2,17,18,19). The molecule has 1 aromatic rings. The third-order valence-electron chi connectivity index (χ3n) is 3.33. The summed E-state index contributed by atoms with van der Waals surface area (Å²) in [6.07, 6.45) is 0. The van der Waals surface area contributed by atoms with Crippen LogP contribution in [-0.2, 0) is 6.54 Å². The molecule has 0 spiro atoms. The number of nitrogens with one attached hydrogen (secondary N) is 2. The molecule has 0 aliphatic heterocycles. The molecule has 1 rings (SSSR count). The van der Waals surface area contributed by atoms with Crippen molar-refractivity contribution >= 4 is 17.3 Å². The molecule has 0 aliphatic rings. The number of hydrogen-bond donors (Lipinski definition) is 2. The first-order valence-electron chi connectivity index (χ1n) is 7.83. The molecule has 120 valence electrons. The largest absolute Gasteiger partial charge is 0.357 e. The summed E-state index contributed by atoms with van der Waals surface area (Å²) in [7, 11) is 0. The summed E-state index contributed by atoms with van der Waals surface area (Å²) in [6, 6.07) is 3.26. The van der Waals surface area contributed by atoms with Gasteiger partial charge >= 0.3 is 0 Å². The van der Waals surface area contributed by atoms with Gasteiger partial charge in [-0.3, -0.25) is 4.90 Å². The van der Waals surface area contributed by atoms with Crippen molar-refractivity contribution in [3.8, 4) is 0 Å². The Morgan fingerprint density at radius 1 is 1.24 bits per heavy atom. The minimum atomic E-state index is 0.567. The minimum absolute atomic E-state index is 0.567. The molecule has 21 heavy (non-hydrogen) atoms. The second kappa shape index (κ2) is 9.79. The van der Waals surface area contributed by atoms with Crippen molar-refractivity contribution in [3.63, 3.8) is 0 Å². The number of thiophene rings is 1. The lowest BCUT2D eigenvalue weighted by Crippen LogP contribution is -2.45. The number of rotatable bonds is 8. The second-order valence-corrected chi connectivity index (χ2v) is 6.46. The zero-order valence-electron chi connectivity index (χ0n) is 14.0. The average Bonchev–Trinajstić information content (AvgIpc) is 2.93. The van der Waals surface area contributed by atoms with Crippen LogP contribution in [0.2, 0.25) is 0 Å². The Hall–Kier alpha value is -1.07. The first kappa shape index (κ1) is 18.0. The van der Waals surface area contributed by atoms with Crippen LogP contribution in [0.3, 0.4) is 0 Å². The maximum Gasteiger partial charge on any atom is 0.191 e. The van der Waals surface area contributed by atoms with Gasteiger partial charge in [0.25, 0.3) is 0 Å². The van der Waals surface area contributed by atoms with Gasteiger partial charge in [0.15, 0.2) is 5.96 Å². The van der Waals surface area contributed by atoms with Crippen LogP contribution in [0.5, 0.6) is 0 Å². The van der Waals surface area contributed by atoms with Gasteiger partial charge in [-0.2, -0.15) is 11.3 Å². The first-order chi connectivity index (χ1) is 10.0. The summed E-state index contributed by atoms with van der Waals surface area (Å²) in [5, 5.41) is 11.0. The van der Waals surface area contributed by atoms with Crippen LogP contribution >= 0.6 is 11.3 Å². The highest BCUT2D eigenvalue weighted by molar-refractivity contribution is 7.07. The lowest BCUT2D eigenvalue weighted by molar-refractivity contribution is 0.178. The van der Waals surface area contributed by atoms with E-state index in [0.29, 0.717) is 12.1 Å². The van der Waals surface area contributed by atoms with E-state index in [1.165, 1.54) is 5.56 Å². The van der Waals surface area contributed by atoms with E-state index < -0.39 is 0 Å². The Bertz CT molecular complexity index is 390. The van der Waals surface area contributed by atoms with Crippen molar-refractivity contribution in [1.82, 2.24) is 15.5 Å². The van der Waals surface area contributed by atoms with Crippen molar-refractivity contribution in [3.05, 3.63) is 22.4 Å². The van der Waals surface area contributed by atoms with E-state index in [-0.39, 0.29) is 0 Å². The molecule has 0 atom stereocenters. The molecule has 0 amide bonds. The molecular formula is C16H30N4S. The highest BCUT2D eigenvalue weighted by atomic mass is 32.1. The summed E-state index contributed by atoms with van der Waals surface area (Å²) < 4.78 is 0. The highest BCUT2D eigenvalue weighted by Crippen LogP contribution is 2.07. The summed E-state index contributed by atoms with van der Waals surface area (Å²) in [4.78, 5) is 7.11. The molecule has 1 heterocycles. The van der Waals surface area contributed by atoms with Crippen LogP contribution in [0.1, 0.15) is 40.2 Å². The van der Waals surface area contributed by atoms with Gasteiger partial charge in [-0.1, -0.05) is 0 Å². The SMILES string of the molecule is CCNC(=NCc1ccsc1)NCCN(C(C)C)C(C)C. The Balaban J connectivity index is 2.45. The van der Waals surface area contributed by atoms with Gasteiger partial charge in [-0.15, -0.1) is 0 Å². The lowest BCUT2D eigenvalue weighted by atomic mass is 10.2. The number of guanidine groups is 1. The summed E-state index contributed by atoms with van der Waals surface area (Å²) in [6.45, 7) is 14.6. The van der Waals surface area contributed by atoms with Gasteiger partial charge in [0.2, 0.25) is 0 Å². The monoisotopic (exact) mass is 310 g/mol. The number of hydrogen-bond acceptors (Lipinski definition) is 3. The molecule has 2 N–H and O–H groups in total. The Morgan fingerprint density at radius 2 is 1.95 bits per heavy atom. The van der Waals surface area contributed by atoms with E-state index in [4.69, 9.17) is 0 Å². The van der Waals surface area contributed by atoms with Gasteiger partial charge in [0.1, 0.15) is 0 Å². The fourth-order valence-corrected chi connectivity index (χ4v) is 2.97. The predicted octanol–water partition coefficient (Wildman–Crippen LogP) is 2.92. The van der Waals surface area contributed by atoms with E-state index in [1.54, 1.807) is 11.3 Å². The normalized spacial score (nSPS) is 12.5. The van der Waals surface area contributed by atoms with E-state index >= 15 is 0 Å². The molecule has 4 nitrogen and oxygen atoms in total. The van der Waals surface area contributed by atoms with Crippen LogP contribution in [0, 0.1) is 0 Å². The van der Waals surface area contributed by atoms with Crippen molar-refractivity contribution < 1.29 is 0 Å². The number of aliphatic imine (C=N–C) groups is 1. The van der Waals surface area contributed by atoms with E-state index in [0.717, 1.165) is 32.1 Å². The zero-order valence-corrected chi connectivity index (χ0v) is 14.8. The quantitative estimate of drug-likeness (QED) is 0.573. The Morgan fingerprint density at radius 3 is 2.48 bits per heavy atom. The summed E-state index contributed by atoms with van der Waals surface area (Å²) in [5.74, 6) is 0.899. The summed E-state index contributed by atoms with van der Waals surface area (Å²) in [5.41, 5.74) is 1.27. The van der Waals surface area contributed by atoms with Crippen molar-refractivity contribution in [1.29, 1.82) is 0 Å². The molecular weight excluding hydrogens is 280 g/mol. The molecule has 5 heteroatoms. The van der Waals surface area contributed by atoms with Crippen LogP contribution < -0.4 is 10.6 Å². The van der Waals surface area contributed by atoms with Crippen molar-refractivity contribution in [2.24, 2.45) is 4.99 Å². The fraction of sp³-hybridized carbons (Fsp3) is 0.688. The molecule has 0 fully saturated rings. The molecule has 0 saturated heterocycles. The maximum absolute atomic E-state index is 4.63. The minimum Gasteiger partial charge on any atom is -0.357 e.